The number of rotatable bonds is 7. The van der Waals surface area contributed by atoms with Crippen LogP contribution in [-0.2, 0) is 9.53 Å². The van der Waals surface area contributed by atoms with Crippen molar-refractivity contribution < 1.29 is 9.53 Å². The Hall–Kier alpha value is -2.37. The highest BCUT2D eigenvalue weighted by atomic mass is 16.5. The molecule has 122 valence electrons. The normalized spacial score (nSPS) is 13.2. The van der Waals surface area contributed by atoms with Crippen LogP contribution in [0.2, 0.25) is 0 Å². The molecular formula is C18H23N3O2. The van der Waals surface area contributed by atoms with E-state index in [0.717, 1.165) is 5.69 Å². The molecule has 4 N–H and O–H groups in total. The maximum absolute atomic E-state index is 11.8. The van der Waals surface area contributed by atoms with Gasteiger partial charge in [0.05, 0.1) is 6.61 Å². The molecule has 1 amide bonds. The van der Waals surface area contributed by atoms with Gasteiger partial charge in [-0.3, -0.25) is 4.79 Å². The second-order valence-corrected chi connectivity index (χ2v) is 5.41. The fraction of sp³-hybridized carbons (Fsp3) is 0.278. The Morgan fingerprint density at radius 1 is 1.09 bits per heavy atom. The number of nitrogens with one attached hydrogen (secondary N) is 2. The van der Waals surface area contributed by atoms with Crippen molar-refractivity contribution in [3.63, 3.8) is 0 Å². The van der Waals surface area contributed by atoms with Gasteiger partial charge in [0, 0.05) is 24.5 Å². The maximum atomic E-state index is 11.8. The van der Waals surface area contributed by atoms with E-state index in [1.54, 1.807) is 0 Å². The molecule has 5 heteroatoms. The minimum absolute atomic E-state index is 0.195. The Balaban J connectivity index is 1.93. The second kappa shape index (κ2) is 8.31. The van der Waals surface area contributed by atoms with Crippen LogP contribution in [0.15, 0.2) is 54.6 Å². The van der Waals surface area contributed by atoms with Crippen molar-refractivity contribution >= 4 is 17.3 Å². The number of anilines is 2. The van der Waals surface area contributed by atoms with Gasteiger partial charge in [-0.2, -0.15) is 0 Å². The van der Waals surface area contributed by atoms with E-state index in [0.29, 0.717) is 5.69 Å². The highest BCUT2D eigenvalue weighted by molar-refractivity contribution is 5.94. The van der Waals surface area contributed by atoms with Crippen molar-refractivity contribution in [2.75, 3.05) is 24.4 Å². The van der Waals surface area contributed by atoms with Gasteiger partial charge in [-0.1, -0.05) is 30.3 Å². The number of hydrogen-bond donors (Lipinski definition) is 3. The fourth-order valence-corrected chi connectivity index (χ4v) is 2.22. The van der Waals surface area contributed by atoms with Crippen LogP contribution in [-0.4, -0.2) is 25.7 Å². The highest BCUT2D eigenvalue weighted by Crippen LogP contribution is 2.20. The summed E-state index contributed by atoms with van der Waals surface area (Å²) in [5.41, 5.74) is 8.60. The Morgan fingerprint density at radius 2 is 1.70 bits per heavy atom. The van der Waals surface area contributed by atoms with Gasteiger partial charge in [0.15, 0.2) is 0 Å². The minimum Gasteiger partial charge on any atom is -0.383 e. The molecule has 0 aliphatic carbocycles. The first-order valence-corrected chi connectivity index (χ1v) is 7.57. The van der Waals surface area contributed by atoms with Crippen molar-refractivity contribution in [3.05, 3.63) is 60.2 Å². The van der Waals surface area contributed by atoms with E-state index in [1.165, 1.54) is 12.7 Å². The first-order valence-electron chi connectivity index (χ1n) is 7.57. The Kier molecular flexibility index (Phi) is 6.14. The summed E-state index contributed by atoms with van der Waals surface area (Å²) < 4.78 is 4.87. The molecule has 0 bridgehead atoms. The lowest BCUT2D eigenvalue weighted by atomic mass is 10.1. The lowest BCUT2D eigenvalue weighted by Gasteiger charge is -2.16. The number of hydrogen-bond acceptors (Lipinski definition) is 4. The molecular weight excluding hydrogens is 290 g/mol. The number of carbonyl (C=O) groups is 1. The van der Waals surface area contributed by atoms with Crippen LogP contribution in [0.1, 0.15) is 18.5 Å². The van der Waals surface area contributed by atoms with Gasteiger partial charge in [0.2, 0.25) is 5.91 Å². The highest BCUT2D eigenvalue weighted by Gasteiger charge is 2.13. The molecule has 0 aliphatic rings. The maximum Gasteiger partial charge on any atom is 0.243 e. The molecule has 0 saturated heterocycles. The molecule has 0 spiro atoms. The summed E-state index contributed by atoms with van der Waals surface area (Å²) in [4.78, 5) is 11.8. The average molecular weight is 313 g/mol. The largest absolute Gasteiger partial charge is 0.383 e. The monoisotopic (exact) mass is 313 g/mol. The van der Waals surface area contributed by atoms with Crippen LogP contribution in [0, 0.1) is 0 Å². The van der Waals surface area contributed by atoms with Gasteiger partial charge >= 0.3 is 0 Å². The van der Waals surface area contributed by atoms with Crippen molar-refractivity contribution in [2.24, 2.45) is 5.73 Å². The van der Waals surface area contributed by atoms with Crippen LogP contribution in [0.5, 0.6) is 0 Å². The van der Waals surface area contributed by atoms with E-state index in [9.17, 15) is 4.79 Å². The SMILES string of the molecule is COCC(N)C(=O)Nc1ccc(NC(C)c2ccccc2)cc1. The third-order valence-electron chi connectivity index (χ3n) is 3.52. The first-order chi connectivity index (χ1) is 11.1. The molecule has 0 aliphatic heterocycles. The third kappa shape index (κ3) is 5.09. The summed E-state index contributed by atoms with van der Waals surface area (Å²) in [5, 5.41) is 6.19. The molecule has 0 heterocycles. The lowest BCUT2D eigenvalue weighted by molar-refractivity contribution is -0.118. The predicted molar refractivity (Wildman–Crippen MR) is 93.4 cm³/mol. The Morgan fingerprint density at radius 3 is 2.30 bits per heavy atom. The first kappa shape index (κ1) is 17.0. The molecule has 0 fully saturated rings. The third-order valence-corrected chi connectivity index (χ3v) is 3.52. The zero-order valence-electron chi connectivity index (χ0n) is 13.5. The van der Waals surface area contributed by atoms with Crippen LogP contribution >= 0.6 is 0 Å². The van der Waals surface area contributed by atoms with Gasteiger partial charge in [0.25, 0.3) is 0 Å². The summed E-state index contributed by atoms with van der Waals surface area (Å²) in [6, 6.07) is 17.3. The Bertz CT molecular complexity index is 614. The van der Waals surface area contributed by atoms with E-state index >= 15 is 0 Å². The quantitative estimate of drug-likeness (QED) is 0.734. The van der Waals surface area contributed by atoms with E-state index < -0.39 is 6.04 Å². The molecule has 23 heavy (non-hydrogen) atoms. The van der Waals surface area contributed by atoms with Gasteiger partial charge in [0.1, 0.15) is 6.04 Å². The van der Waals surface area contributed by atoms with Crippen LogP contribution in [0.25, 0.3) is 0 Å². The number of ether oxygens (including phenoxy) is 1. The summed E-state index contributed by atoms with van der Waals surface area (Å²) >= 11 is 0. The summed E-state index contributed by atoms with van der Waals surface area (Å²) in [6.45, 7) is 2.30. The summed E-state index contributed by atoms with van der Waals surface area (Å²) in [6.07, 6.45) is 0. The Labute approximate surface area is 136 Å². The lowest BCUT2D eigenvalue weighted by Crippen LogP contribution is -2.39. The zero-order valence-corrected chi connectivity index (χ0v) is 13.5. The molecule has 2 aromatic rings. The summed E-state index contributed by atoms with van der Waals surface area (Å²) in [5.74, 6) is -0.259. The molecule has 5 nitrogen and oxygen atoms in total. The van der Waals surface area contributed by atoms with E-state index in [-0.39, 0.29) is 18.6 Å². The average Bonchev–Trinajstić information content (AvgIpc) is 2.57. The molecule has 0 saturated carbocycles. The van der Waals surface area contributed by atoms with Crippen LogP contribution < -0.4 is 16.4 Å². The molecule has 0 aromatic heterocycles. The van der Waals surface area contributed by atoms with Gasteiger partial charge in [-0.25, -0.2) is 0 Å². The van der Waals surface area contributed by atoms with Crippen LogP contribution in [0.4, 0.5) is 11.4 Å². The minimum atomic E-state index is -0.670. The molecule has 0 radical (unpaired) electrons. The van der Waals surface area contributed by atoms with Crippen LogP contribution in [0.3, 0.4) is 0 Å². The molecule has 2 atom stereocenters. The number of methoxy groups -OCH3 is 1. The molecule has 2 aromatic carbocycles. The van der Waals surface area contributed by atoms with Gasteiger partial charge < -0.3 is 21.1 Å². The van der Waals surface area contributed by atoms with Crippen molar-refractivity contribution in [3.8, 4) is 0 Å². The number of carbonyl (C=O) groups excluding carboxylic acids is 1. The van der Waals surface area contributed by atoms with Crippen molar-refractivity contribution in [2.45, 2.75) is 19.0 Å². The second-order valence-electron chi connectivity index (χ2n) is 5.41. The molecule has 2 unspecified atom stereocenters. The van der Waals surface area contributed by atoms with Crippen molar-refractivity contribution in [1.29, 1.82) is 0 Å². The van der Waals surface area contributed by atoms with E-state index in [1.807, 2.05) is 42.5 Å². The number of amides is 1. The van der Waals surface area contributed by atoms with Gasteiger partial charge in [-0.15, -0.1) is 0 Å². The number of nitrogens with two attached hydrogens (primary N) is 1. The van der Waals surface area contributed by atoms with Crippen molar-refractivity contribution in [1.82, 2.24) is 0 Å². The number of benzene rings is 2. The smallest absolute Gasteiger partial charge is 0.243 e. The summed E-state index contributed by atoms with van der Waals surface area (Å²) in [7, 11) is 1.52. The van der Waals surface area contributed by atoms with E-state index in [4.69, 9.17) is 10.5 Å². The van der Waals surface area contributed by atoms with E-state index in [2.05, 4.69) is 29.7 Å². The standard InChI is InChI=1S/C18H23N3O2/c1-13(14-6-4-3-5-7-14)20-15-8-10-16(11-9-15)21-18(22)17(19)12-23-2/h3-11,13,17,20H,12,19H2,1-2H3,(H,21,22). The molecule has 2 rings (SSSR count). The fourth-order valence-electron chi connectivity index (χ4n) is 2.22. The topological polar surface area (TPSA) is 76.4 Å². The predicted octanol–water partition coefficient (Wildman–Crippen LogP) is 2.77. The zero-order chi connectivity index (χ0) is 16.7. The van der Waals surface area contributed by atoms with Gasteiger partial charge in [-0.05, 0) is 36.8 Å².